The summed E-state index contributed by atoms with van der Waals surface area (Å²) in [6, 6.07) is 9.52. The summed E-state index contributed by atoms with van der Waals surface area (Å²) in [5.41, 5.74) is 0.789. The van der Waals surface area contributed by atoms with Crippen molar-refractivity contribution in [1.29, 1.82) is 5.26 Å². The Labute approximate surface area is 97.0 Å². The van der Waals surface area contributed by atoms with E-state index in [2.05, 4.69) is 22.0 Å². The molecule has 1 saturated carbocycles. The van der Waals surface area contributed by atoms with Gasteiger partial charge < -0.3 is 0 Å². The van der Waals surface area contributed by atoms with Crippen molar-refractivity contribution >= 4 is 21.7 Å². The molecule has 2 nitrogen and oxygen atoms in total. The second-order valence-electron chi connectivity index (χ2n) is 3.76. The first-order valence-electron chi connectivity index (χ1n) is 4.92. The number of rotatable bonds is 3. The highest BCUT2D eigenvalue weighted by Gasteiger charge is 2.36. The van der Waals surface area contributed by atoms with Crippen molar-refractivity contribution < 1.29 is 4.79 Å². The van der Waals surface area contributed by atoms with Crippen LogP contribution in [0.1, 0.15) is 24.3 Å². The van der Waals surface area contributed by atoms with E-state index in [9.17, 15) is 4.79 Å². The second kappa shape index (κ2) is 4.16. The summed E-state index contributed by atoms with van der Waals surface area (Å²) in [6.07, 6.45) is 1.89. The Morgan fingerprint density at radius 1 is 1.47 bits per heavy atom. The largest absolute Gasteiger partial charge is 0.298 e. The molecule has 15 heavy (non-hydrogen) atoms. The van der Waals surface area contributed by atoms with Crippen LogP contribution >= 0.6 is 15.9 Å². The van der Waals surface area contributed by atoms with Crippen LogP contribution < -0.4 is 0 Å². The van der Waals surface area contributed by atoms with E-state index in [1.54, 1.807) is 0 Å². The zero-order chi connectivity index (χ0) is 10.8. The van der Waals surface area contributed by atoms with Gasteiger partial charge in [-0.25, -0.2) is 0 Å². The number of nitrogens with zero attached hydrogens (tertiary/aromatic N) is 1. The number of carbonyl (C=O) groups is 1. The van der Waals surface area contributed by atoms with Gasteiger partial charge in [0.1, 0.15) is 5.92 Å². The van der Waals surface area contributed by atoms with Gasteiger partial charge in [-0.1, -0.05) is 34.1 Å². The Morgan fingerprint density at radius 2 is 2.13 bits per heavy atom. The van der Waals surface area contributed by atoms with E-state index in [4.69, 9.17) is 5.26 Å². The average Bonchev–Trinajstić information content (AvgIpc) is 3.05. The summed E-state index contributed by atoms with van der Waals surface area (Å²) < 4.78 is 0.838. The van der Waals surface area contributed by atoms with Crippen molar-refractivity contribution in [2.75, 3.05) is 0 Å². The molecular weight excluding hydrogens is 254 g/mol. The van der Waals surface area contributed by atoms with Crippen molar-refractivity contribution in [1.82, 2.24) is 0 Å². The van der Waals surface area contributed by atoms with E-state index in [0.29, 0.717) is 0 Å². The fourth-order valence-corrected chi connectivity index (χ4v) is 2.11. The fraction of sp³-hybridized carbons (Fsp3) is 0.333. The molecule has 0 saturated heterocycles. The van der Waals surface area contributed by atoms with Crippen LogP contribution in [0.5, 0.6) is 0 Å². The van der Waals surface area contributed by atoms with Gasteiger partial charge in [0.15, 0.2) is 5.78 Å². The van der Waals surface area contributed by atoms with Crippen LogP contribution in [0.3, 0.4) is 0 Å². The van der Waals surface area contributed by atoms with Crippen molar-refractivity contribution in [2.45, 2.75) is 18.8 Å². The lowest BCUT2D eigenvalue weighted by Gasteiger charge is -2.09. The van der Waals surface area contributed by atoms with Crippen LogP contribution in [0, 0.1) is 17.2 Å². The number of carbonyl (C=O) groups excluding carboxylic acids is 1. The molecule has 0 N–H and O–H groups in total. The van der Waals surface area contributed by atoms with Crippen LogP contribution in [0.25, 0.3) is 0 Å². The number of nitriles is 1. The van der Waals surface area contributed by atoms with Crippen LogP contribution in [-0.2, 0) is 4.79 Å². The molecule has 1 aromatic rings. The van der Waals surface area contributed by atoms with E-state index < -0.39 is 5.92 Å². The zero-order valence-electron chi connectivity index (χ0n) is 8.11. The standard InChI is InChI=1S/C12H10BrNO/c13-11-4-2-1-3-9(11)10(7-14)12(15)8-5-6-8/h1-4,8,10H,5-6H2/t10-/m0/s1. The Bertz CT molecular complexity index is 431. The molecule has 1 fully saturated rings. The average molecular weight is 264 g/mol. The first kappa shape index (κ1) is 10.4. The van der Waals surface area contributed by atoms with Crippen LogP contribution in [0.2, 0.25) is 0 Å². The molecule has 2 rings (SSSR count). The molecule has 1 aliphatic rings. The van der Waals surface area contributed by atoms with E-state index in [1.807, 2.05) is 24.3 Å². The third kappa shape index (κ3) is 2.10. The van der Waals surface area contributed by atoms with Crippen molar-refractivity contribution in [3.8, 4) is 6.07 Å². The van der Waals surface area contributed by atoms with E-state index in [-0.39, 0.29) is 11.7 Å². The smallest absolute Gasteiger partial charge is 0.157 e. The molecule has 76 valence electrons. The van der Waals surface area contributed by atoms with Crippen LogP contribution in [-0.4, -0.2) is 5.78 Å². The molecule has 1 aromatic carbocycles. The van der Waals surface area contributed by atoms with Crippen molar-refractivity contribution in [3.05, 3.63) is 34.3 Å². The Balaban J connectivity index is 2.31. The molecule has 0 unspecified atom stereocenters. The summed E-state index contributed by atoms with van der Waals surface area (Å²) in [6.45, 7) is 0. The third-order valence-electron chi connectivity index (χ3n) is 2.61. The first-order valence-corrected chi connectivity index (χ1v) is 5.71. The monoisotopic (exact) mass is 263 g/mol. The van der Waals surface area contributed by atoms with Gasteiger partial charge in [-0.15, -0.1) is 0 Å². The molecule has 0 heterocycles. The van der Waals surface area contributed by atoms with Gasteiger partial charge in [-0.3, -0.25) is 4.79 Å². The van der Waals surface area contributed by atoms with Crippen molar-refractivity contribution in [2.24, 2.45) is 5.92 Å². The molecule has 0 aliphatic heterocycles. The molecule has 0 radical (unpaired) electrons. The number of benzene rings is 1. The van der Waals surface area contributed by atoms with Gasteiger partial charge in [0.25, 0.3) is 0 Å². The minimum absolute atomic E-state index is 0.0735. The highest BCUT2D eigenvalue weighted by Crippen LogP contribution is 2.36. The molecule has 1 atom stereocenters. The topological polar surface area (TPSA) is 40.9 Å². The quantitative estimate of drug-likeness (QED) is 0.841. The fourth-order valence-electron chi connectivity index (χ4n) is 1.60. The lowest BCUT2D eigenvalue weighted by Crippen LogP contribution is -2.13. The lowest BCUT2D eigenvalue weighted by molar-refractivity contribution is -0.120. The summed E-state index contributed by atoms with van der Waals surface area (Å²) in [5, 5.41) is 9.06. The van der Waals surface area contributed by atoms with Gasteiger partial charge in [0, 0.05) is 10.4 Å². The van der Waals surface area contributed by atoms with Crippen molar-refractivity contribution in [3.63, 3.8) is 0 Å². The summed E-state index contributed by atoms with van der Waals surface area (Å²) in [5.74, 6) is -0.403. The summed E-state index contributed by atoms with van der Waals surface area (Å²) >= 11 is 3.37. The van der Waals surface area contributed by atoms with E-state index in [0.717, 1.165) is 22.9 Å². The maximum absolute atomic E-state index is 11.8. The SMILES string of the molecule is N#C[C@H](C(=O)C1CC1)c1ccccc1Br. The Kier molecular flexibility index (Phi) is 2.88. The van der Waals surface area contributed by atoms with Gasteiger partial charge in [-0.2, -0.15) is 5.26 Å². The van der Waals surface area contributed by atoms with Crippen LogP contribution in [0.4, 0.5) is 0 Å². The Morgan fingerprint density at radius 3 is 2.67 bits per heavy atom. The van der Waals surface area contributed by atoms with Gasteiger partial charge >= 0.3 is 0 Å². The molecule has 0 amide bonds. The maximum Gasteiger partial charge on any atom is 0.157 e. The highest BCUT2D eigenvalue weighted by molar-refractivity contribution is 9.10. The molecule has 0 spiro atoms. The summed E-state index contributed by atoms with van der Waals surface area (Å²) in [4.78, 5) is 11.8. The number of ketones is 1. The first-order chi connectivity index (χ1) is 7.24. The maximum atomic E-state index is 11.8. The second-order valence-corrected chi connectivity index (χ2v) is 4.61. The molecule has 0 bridgehead atoms. The number of hydrogen-bond acceptors (Lipinski definition) is 2. The molecule has 3 heteroatoms. The summed E-state index contributed by atoms with van der Waals surface area (Å²) in [7, 11) is 0. The zero-order valence-corrected chi connectivity index (χ0v) is 9.70. The van der Waals surface area contributed by atoms with E-state index >= 15 is 0 Å². The van der Waals surface area contributed by atoms with E-state index in [1.165, 1.54) is 0 Å². The highest BCUT2D eigenvalue weighted by atomic mass is 79.9. The van der Waals surface area contributed by atoms with Crippen LogP contribution in [0.15, 0.2) is 28.7 Å². The van der Waals surface area contributed by atoms with Gasteiger partial charge in [0.05, 0.1) is 6.07 Å². The minimum atomic E-state index is -0.604. The Hall–Kier alpha value is -1.14. The normalized spacial score (nSPS) is 16.8. The minimum Gasteiger partial charge on any atom is -0.298 e. The molecule has 0 aromatic heterocycles. The number of hydrogen-bond donors (Lipinski definition) is 0. The number of Topliss-reactive ketones (excluding diaryl/α,β-unsaturated/α-hetero) is 1. The lowest BCUT2D eigenvalue weighted by atomic mass is 9.94. The molecular formula is C12H10BrNO. The number of halogens is 1. The predicted octanol–water partition coefficient (Wildman–Crippen LogP) is 3.04. The van der Waals surface area contributed by atoms with Gasteiger partial charge in [-0.05, 0) is 24.5 Å². The third-order valence-corrected chi connectivity index (χ3v) is 3.33. The molecule has 1 aliphatic carbocycles. The predicted molar refractivity (Wildman–Crippen MR) is 60.2 cm³/mol. The van der Waals surface area contributed by atoms with Gasteiger partial charge in [0.2, 0.25) is 0 Å².